The number of carbonyl (C=O) groups is 1. The molecule has 0 saturated carbocycles. The summed E-state index contributed by atoms with van der Waals surface area (Å²) in [6.45, 7) is 3.07. The molecule has 122 valence electrons. The summed E-state index contributed by atoms with van der Waals surface area (Å²) in [5.41, 5.74) is 0. The lowest BCUT2D eigenvalue weighted by Gasteiger charge is -2.23. The molecule has 1 heterocycles. The van der Waals surface area contributed by atoms with Crippen LogP contribution in [0.1, 0.15) is 12.8 Å². The summed E-state index contributed by atoms with van der Waals surface area (Å²) in [6.07, 6.45) is 1.05. The molecule has 1 amide bonds. The first-order chi connectivity index (χ1) is 10.5. The smallest absolute Gasteiger partial charge is 0.222 e. The standard InChI is InChI=1S/C16H23ClN2O3/c1-18(9-10-19-8-2-3-16(19)21)11-14(20)12-22-15-6-4-13(17)5-7-15/h4-7,14,20H,2-3,8-12H2,1H3. The number of ether oxygens (including phenoxy) is 1. The van der Waals surface area contributed by atoms with E-state index in [1.54, 1.807) is 24.3 Å². The van der Waals surface area contributed by atoms with Gasteiger partial charge in [0.05, 0.1) is 0 Å². The Morgan fingerprint density at radius 1 is 1.41 bits per heavy atom. The lowest BCUT2D eigenvalue weighted by atomic mass is 10.3. The number of likely N-dealkylation sites (tertiary alicyclic amines) is 1. The first-order valence-corrected chi connectivity index (χ1v) is 7.95. The topological polar surface area (TPSA) is 53.0 Å². The van der Waals surface area contributed by atoms with Crippen LogP contribution in [0.3, 0.4) is 0 Å². The Labute approximate surface area is 136 Å². The third kappa shape index (κ3) is 5.48. The highest BCUT2D eigenvalue weighted by Crippen LogP contribution is 2.15. The number of aliphatic hydroxyl groups is 1. The van der Waals surface area contributed by atoms with Gasteiger partial charge in [-0.1, -0.05) is 11.6 Å². The van der Waals surface area contributed by atoms with Crippen LogP contribution in [0.15, 0.2) is 24.3 Å². The van der Waals surface area contributed by atoms with Crippen LogP contribution in [-0.2, 0) is 4.79 Å². The minimum atomic E-state index is -0.574. The van der Waals surface area contributed by atoms with Crippen LogP contribution in [0.25, 0.3) is 0 Å². The van der Waals surface area contributed by atoms with Crippen molar-refractivity contribution in [3.63, 3.8) is 0 Å². The van der Waals surface area contributed by atoms with E-state index in [2.05, 4.69) is 0 Å². The molecule has 0 radical (unpaired) electrons. The molecule has 22 heavy (non-hydrogen) atoms. The summed E-state index contributed by atoms with van der Waals surface area (Å²) in [7, 11) is 1.94. The van der Waals surface area contributed by atoms with E-state index >= 15 is 0 Å². The second-order valence-electron chi connectivity index (χ2n) is 5.67. The average molecular weight is 327 g/mol. The minimum absolute atomic E-state index is 0.231. The van der Waals surface area contributed by atoms with Crippen LogP contribution in [0.5, 0.6) is 5.75 Å². The molecule has 1 aliphatic heterocycles. The van der Waals surface area contributed by atoms with Gasteiger partial charge in [-0.15, -0.1) is 0 Å². The molecule has 1 aromatic rings. The molecule has 1 atom stereocenters. The van der Waals surface area contributed by atoms with Gasteiger partial charge in [0, 0.05) is 37.6 Å². The van der Waals surface area contributed by atoms with Crippen molar-refractivity contribution in [3.8, 4) is 5.75 Å². The maximum Gasteiger partial charge on any atom is 0.222 e. The number of rotatable bonds is 8. The highest BCUT2D eigenvalue weighted by Gasteiger charge is 2.20. The van der Waals surface area contributed by atoms with Crippen LogP contribution < -0.4 is 4.74 Å². The van der Waals surface area contributed by atoms with Gasteiger partial charge in [0.25, 0.3) is 0 Å². The molecule has 1 saturated heterocycles. The second-order valence-corrected chi connectivity index (χ2v) is 6.10. The van der Waals surface area contributed by atoms with Crippen molar-refractivity contribution in [1.82, 2.24) is 9.80 Å². The Kier molecular flexibility index (Phi) is 6.49. The molecule has 1 unspecified atom stereocenters. The normalized spacial score (nSPS) is 16.4. The van der Waals surface area contributed by atoms with Crippen molar-refractivity contribution < 1.29 is 14.6 Å². The van der Waals surface area contributed by atoms with Crippen LogP contribution in [-0.4, -0.2) is 66.8 Å². The van der Waals surface area contributed by atoms with Crippen molar-refractivity contribution in [1.29, 1.82) is 0 Å². The van der Waals surface area contributed by atoms with Gasteiger partial charge in [-0.2, -0.15) is 0 Å². The predicted molar refractivity (Wildman–Crippen MR) is 86.3 cm³/mol. The molecule has 0 aliphatic carbocycles. The number of hydrogen-bond acceptors (Lipinski definition) is 4. The lowest BCUT2D eigenvalue weighted by molar-refractivity contribution is -0.127. The second kappa shape index (κ2) is 8.36. The maximum atomic E-state index is 11.5. The van der Waals surface area contributed by atoms with Gasteiger partial charge in [-0.3, -0.25) is 4.79 Å². The molecule has 1 aliphatic rings. The zero-order valence-corrected chi connectivity index (χ0v) is 13.6. The summed E-state index contributed by atoms with van der Waals surface area (Å²) in [6, 6.07) is 7.06. The summed E-state index contributed by atoms with van der Waals surface area (Å²) < 4.78 is 5.52. The van der Waals surface area contributed by atoms with Gasteiger partial charge < -0.3 is 19.6 Å². The van der Waals surface area contributed by atoms with E-state index in [0.29, 0.717) is 23.7 Å². The number of likely N-dealkylation sites (N-methyl/N-ethyl adjacent to an activating group) is 1. The van der Waals surface area contributed by atoms with Crippen LogP contribution in [0.2, 0.25) is 5.02 Å². The number of amides is 1. The average Bonchev–Trinajstić information content (AvgIpc) is 2.90. The van der Waals surface area contributed by atoms with Crippen molar-refractivity contribution in [3.05, 3.63) is 29.3 Å². The molecule has 1 aromatic carbocycles. The molecular weight excluding hydrogens is 304 g/mol. The molecular formula is C16H23ClN2O3. The molecule has 0 spiro atoms. The van der Waals surface area contributed by atoms with Gasteiger partial charge in [0.1, 0.15) is 18.5 Å². The zero-order valence-electron chi connectivity index (χ0n) is 12.9. The van der Waals surface area contributed by atoms with Crippen LogP contribution in [0, 0.1) is 0 Å². The molecule has 1 fully saturated rings. The fourth-order valence-electron chi connectivity index (χ4n) is 2.46. The van der Waals surface area contributed by atoms with E-state index in [1.165, 1.54) is 0 Å². The third-order valence-corrected chi connectivity index (χ3v) is 3.95. The Balaban J connectivity index is 1.64. The number of halogens is 1. The van der Waals surface area contributed by atoms with Gasteiger partial charge >= 0.3 is 0 Å². The summed E-state index contributed by atoms with van der Waals surface area (Å²) >= 11 is 5.80. The number of aliphatic hydroxyl groups excluding tert-OH is 1. The predicted octanol–water partition coefficient (Wildman–Crippen LogP) is 1.63. The summed E-state index contributed by atoms with van der Waals surface area (Å²) in [5, 5.41) is 10.7. The molecule has 2 rings (SSSR count). The fraction of sp³-hybridized carbons (Fsp3) is 0.562. The van der Waals surface area contributed by atoms with Gasteiger partial charge in [-0.05, 0) is 37.7 Å². The third-order valence-electron chi connectivity index (χ3n) is 3.70. The van der Waals surface area contributed by atoms with E-state index in [4.69, 9.17) is 16.3 Å². The molecule has 1 N–H and O–H groups in total. The van der Waals surface area contributed by atoms with E-state index < -0.39 is 6.10 Å². The van der Waals surface area contributed by atoms with Crippen molar-refractivity contribution in [2.24, 2.45) is 0 Å². The van der Waals surface area contributed by atoms with Crippen molar-refractivity contribution >= 4 is 17.5 Å². The van der Waals surface area contributed by atoms with E-state index in [1.807, 2.05) is 16.8 Å². The monoisotopic (exact) mass is 326 g/mol. The van der Waals surface area contributed by atoms with Gasteiger partial charge in [0.15, 0.2) is 0 Å². The van der Waals surface area contributed by atoms with E-state index in [-0.39, 0.29) is 12.5 Å². The highest BCUT2D eigenvalue weighted by molar-refractivity contribution is 6.30. The summed E-state index contributed by atoms with van der Waals surface area (Å²) in [5.74, 6) is 0.925. The van der Waals surface area contributed by atoms with Crippen LogP contribution in [0.4, 0.5) is 0 Å². The quantitative estimate of drug-likeness (QED) is 0.789. The summed E-state index contributed by atoms with van der Waals surface area (Å²) in [4.78, 5) is 15.4. The zero-order chi connectivity index (χ0) is 15.9. The Hall–Kier alpha value is -1.30. The number of nitrogens with zero attached hydrogens (tertiary/aromatic N) is 2. The number of hydrogen-bond donors (Lipinski definition) is 1. The van der Waals surface area contributed by atoms with Crippen molar-refractivity contribution in [2.45, 2.75) is 18.9 Å². The molecule has 0 bridgehead atoms. The first-order valence-electron chi connectivity index (χ1n) is 7.57. The molecule has 5 nitrogen and oxygen atoms in total. The van der Waals surface area contributed by atoms with E-state index in [9.17, 15) is 9.90 Å². The highest BCUT2D eigenvalue weighted by atomic mass is 35.5. The van der Waals surface area contributed by atoms with Gasteiger partial charge in [0.2, 0.25) is 5.91 Å². The molecule has 6 heteroatoms. The van der Waals surface area contributed by atoms with Crippen LogP contribution >= 0.6 is 11.6 Å². The number of carbonyl (C=O) groups excluding carboxylic acids is 1. The Morgan fingerprint density at radius 2 is 2.14 bits per heavy atom. The Morgan fingerprint density at radius 3 is 2.77 bits per heavy atom. The first kappa shape index (κ1) is 17.1. The fourth-order valence-corrected chi connectivity index (χ4v) is 2.58. The van der Waals surface area contributed by atoms with E-state index in [0.717, 1.165) is 26.1 Å². The molecule has 0 aromatic heterocycles. The largest absolute Gasteiger partial charge is 0.491 e. The Bertz CT molecular complexity index is 481. The lowest BCUT2D eigenvalue weighted by Crippen LogP contribution is -2.38. The maximum absolute atomic E-state index is 11.5. The number of benzene rings is 1. The SMILES string of the molecule is CN(CCN1CCCC1=O)CC(O)COc1ccc(Cl)cc1. The van der Waals surface area contributed by atoms with Gasteiger partial charge in [-0.25, -0.2) is 0 Å². The van der Waals surface area contributed by atoms with Crippen molar-refractivity contribution in [2.75, 3.05) is 39.8 Å². The minimum Gasteiger partial charge on any atom is -0.491 e.